The van der Waals surface area contributed by atoms with Crippen molar-refractivity contribution in [3.05, 3.63) is 58.4 Å². The zero-order chi connectivity index (χ0) is 14.0. The Kier molecular flexibility index (Phi) is 4.08. The Labute approximate surface area is 116 Å². The largest absolute Gasteiger partial charge is 0.456 e. The van der Waals surface area contributed by atoms with Crippen molar-refractivity contribution >= 4 is 11.6 Å². The zero-order valence-electron chi connectivity index (χ0n) is 10.7. The maximum atomic E-state index is 13.0. The Morgan fingerprint density at radius 3 is 2.42 bits per heavy atom. The Morgan fingerprint density at radius 1 is 1.16 bits per heavy atom. The summed E-state index contributed by atoms with van der Waals surface area (Å²) in [6, 6.07) is 9.37. The highest BCUT2D eigenvalue weighted by atomic mass is 35.5. The van der Waals surface area contributed by atoms with Gasteiger partial charge in [0.05, 0.1) is 11.1 Å². The van der Waals surface area contributed by atoms with Crippen LogP contribution < -0.4 is 4.74 Å². The molecule has 100 valence electrons. The summed E-state index contributed by atoms with van der Waals surface area (Å²) in [6.45, 7) is 3.42. The van der Waals surface area contributed by atoms with Gasteiger partial charge in [-0.3, -0.25) is 0 Å². The lowest BCUT2D eigenvalue weighted by molar-refractivity contribution is 0.199. The minimum atomic E-state index is -0.584. The SMILES string of the molecule is Cc1cc(F)ccc1Oc1ccc([C@H](C)O)cc1Cl. The molecule has 2 nitrogen and oxygen atoms in total. The number of halogens is 2. The van der Waals surface area contributed by atoms with Gasteiger partial charge in [-0.2, -0.15) is 0 Å². The number of hydrogen-bond donors (Lipinski definition) is 1. The molecule has 4 heteroatoms. The first-order chi connectivity index (χ1) is 8.97. The van der Waals surface area contributed by atoms with E-state index in [-0.39, 0.29) is 5.82 Å². The average molecular weight is 281 g/mol. The fraction of sp³-hybridized carbons (Fsp3) is 0.200. The van der Waals surface area contributed by atoms with Crippen molar-refractivity contribution in [2.75, 3.05) is 0 Å². The van der Waals surface area contributed by atoms with Crippen LogP contribution in [0.15, 0.2) is 36.4 Å². The normalized spacial score (nSPS) is 12.3. The van der Waals surface area contributed by atoms with Gasteiger partial charge >= 0.3 is 0 Å². The first kappa shape index (κ1) is 13.8. The fourth-order valence-corrected chi connectivity index (χ4v) is 1.93. The number of ether oxygens (including phenoxy) is 1. The van der Waals surface area contributed by atoms with Crippen molar-refractivity contribution in [2.24, 2.45) is 0 Å². The summed E-state index contributed by atoms with van der Waals surface area (Å²) in [5.41, 5.74) is 1.41. The second kappa shape index (κ2) is 5.59. The second-order valence-electron chi connectivity index (χ2n) is 4.38. The molecule has 0 aliphatic heterocycles. The fourth-order valence-electron chi connectivity index (χ4n) is 1.71. The lowest BCUT2D eigenvalue weighted by Crippen LogP contribution is -1.93. The summed E-state index contributed by atoms with van der Waals surface area (Å²) in [7, 11) is 0. The van der Waals surface area contributed by atoms with E-state index in [9.17, 15) is 9.50 Å². The predicted octanol–water partition coefficient (Wildman–Crippen LogP) is 4.63. The van der Waals surface area contributed by atoms with Gasteiger partial charge in [-0.1, -0.05) is 17.7 Å². The molecule has 2 aromatic rings. The molecule has 1 atom stereocenters. The second-order valence-corrected chi connectivity index (χ2v) is 4.78. The Bertz CT molecular complexity index is 597. The minimum absolute atomic E-state index is 0.305. The standard InChI is InChI=1S/C15H14ClFO2/c1-9-7-12(17)4-6-14(9)19-15-5-3-11(10(2)18)8-13(15)16/h3-8,10,18H,1-2H3/t10-/m0/s1. The van der Waals surface area contributed by atoms with Crippen molar-refractivity contribution in [3.8, 4) is 11.5 Å². The molecule has 0 bridgehead atoms. The monoisotopic (exact) mass is 280 g/mol. The highest BCUT2D eigenvalue weighted by Crippen LogP contribution is 2.33. The van der Waals surface area contributed by atoms with Crippen molar-refractivity contribution in [2.45, 2.75) is 20.0 Å². The first-order valence-electron chi connectivity index (χ1n) is 5.89. The van der Waals surface area contributed by atoms with Gasteiger partial charge in [-0.25, -0.2) is 4.39 Å². The first-order valence-corrected chi connectivity index (χ1v) is 6.26. The van der Waals surface area contributed by atoms with Crippen molar-refractivity contribution < 1.29 is 14.2 Å². The van der Waals surface area contributed by atoms with Crippen LogP contribution in [0.1, 0.15) is 24.2 Å². The highest BCUT2D eigenvalue weighted by Gasteiger charge is 2.09. The van der Waals surface area contributed by atoms with Crippen molar-refractivity contribution in [3.63, 3.8) is 0 Å². The van der Waals surface area contributed by atoms with E-state index in [1.54, 1.807) is 38.1 Å². The molecule has 0 saturated carbocycles. The number of aliphatic hydroxyl groups excluding tert-OH is 1. The molecule has 0 unspecified atom stereocenters. The molecule has 0 aliphatic rings. The van der Waals surface area contributed by atoms with E-state index in [1.807, 2.05) is 0 Å². The zero-order valence-corrected chi connectivity index (χ0v) is 11.4. The Morgan fingerprint density at radius 2 is 1.84 bits per heavy atom. The van der Waals surface area contributed by atoms with Crippen LogP contribution in [0.25, 0.3) is 0 Å². The molecule has 0 fully saturated rings. The molecule has 0 aliphatic carbocycles. The molecule has 0 heterocycles. The maximum absolute atomic E-state index is 13.0. The van der Waals surface area contributed by atoms with Gasteiger partial charge in [0.15, 0.2) is 0 Å². The van der Waals surface area contributed by atoms with Crippen LogP contribution >= 0.6 is 11.6 Å². The van der Waals surface area contributed by atoms with E-state index < -0.39 is 6.10 Å². The van der Waals surface area contributed by atoms with Gasteiger partial charge in [0.2, 0.25) is 0 Å². The van der Waals surface area contributed by atoms with Gasteiger partial charge in [0.25, 0.3) is 0 Å². The molecule has 2 rings (SSSR count). The molecule has 1 N–H and O–H groups in total. The number of benzene rings is 2. The lowest BCUT2D eigenvalue weighted by Gasteiger charge is -2.12. The van der Waals surface area contributed by atoms with Gasteiger partial charge in [-0.05, 0) is 55.3 Å². The Balaban J connectivity index is 2.28. The van der Waals surface area contributed by atoms with Gasteiger partial charge in [-0.15, -0.1) is 0 Å². The van der Waals surface area contributed by atoms with Crippen molar-refractivity contribution in [1.82, 2.24) is 0 Å². The van der Waals surface area contributed by atoms with E-state index in [4.69, 9.17) is 16.3 Å². The van der Waals surface area contributed by atoms with Gasteiger partial charge in [0, 0.05) is 0 Å². The third-order valence-electron chi connectivity index (χ3n) is 2.80. The molecular weight excluding hydrogens is 267 g/mol. The molecule has 2 aromatic carbocycles. The lowest BCUT2D eigenvalue weighted by atomic mass is 10.1. The number of aliphatic hydroxyl groups is 1. The summed E-state index contributed by atoms with van der Waals surface area (Å²) >= 11 is 6.10. The molecule has 0 saturated heterocycles. The number of rotatable bonds is 3. The van der Waals surface area contributed by atoms with E-state index in [0.29, 0.717) is 27.6 Å². The maximum Gasteiger partial charge on any atom is 0.146 e. The third kappa shape index (κ3) is 3.25. The predicted molar refractivity (Wildman–Crippen MR) is 73.3 cm³/mol. The van der Waals surface area contributed by atoms with E-state index >= 15 is 0 Å². The number of aryl methyl sites for hydroxylation is 1. The van der Waals surface area contributed by atoms with Crippen LogP contribution in [0, 0.1) is 12.7 Å². The topological polar surface area (TPSA) is 29.5 Å². The summed E-state index contributed by atoms with van der Waals surface area (Å²) < 4.78 is 18.6. The van der Waals surface area contributed by atoms with E-state index in [1.165, 1.54) is 12.1 Å². The molecule has 0 amide bonds. The summed E-state index contributed by atoms with van der Waals surface area (Å²) in [5, 5.41) is 9.87. The summed E-state index contributed by atoms with van der Waals surface area (Å²) in [6.07, 6.45) is -0.584. The van der Waals surface area contributed by atoms with Crippen LogP contribution in [0.5, 0.6) is 11.5 Å². The van der Waals surface area contributed by atoms with Crippen LogP contribution in [0.4, 0.5) is 4.39 Å². The third-order valence-corrected chi connectivity index (χ3v) is 3.09. The molecule has 0 spiro atoms. The van der Waals surface area contributed by atoms with Crippen LogP contribution in [0.3, 0.4) is 0 Å². The van der Waals surface area contributed by atoms with Gasteiger partial charge in [0.1, 0.15) is 17.3 Å². The smallest absolute Gasteiger partial charge is 0.146 e. The Hall–Kier alpha value is -1.58. The van der Waals surface area contributed by atoms with Crippen LogP contribution in [-0.4, -0.2) is 5.11 Å². The minimum Gasteiger partial charge on any atom is -0.456 e. The van der Waals surface area contributed by atoms with E-state index in [2.05, 4.69) is 0 Å². The molecule has 0 aromatic heterocycles. The van der Waals surface area contributed by atoms with Gasteiger partial charge < -0.3 is 9.84 Å². The quantitative estimate of drug-likeness (QED) is 0.888. The molecular formula is C15H14ClFO2. The highest BCUT2D eigenvalue weighted by molar-refractivity contribution is 6.32. The van der Waals surface area contributed by atoms with Crippen LogP contribution in [0.2, 0.25) is 5.02 Å². The summed E-state index contributed by atoms with van der Waals surface area (Å²) in [4.78, 5) is 0. The molecule has 19 heavy (non-hydrogen) atoms. The summed E-state index contributed by atoms with van der Waals surface area (Å²) in [5.74, 6) is 0.717. The van der Waals surface area contributed by atoms with Crippen molar-refractivity contribution in [1.29, 1.82) is 0 Å². The average Bonchev–Trinajstić information content (AvgIpc) is 2.34. The molecule has 0 radical (unpaired) electrons. The van der Waals surface area contributed by atoms with Crippen LogP contribution in [-0.2, 0) is 0 Å². The van der Waals surface area contributed by atoms with E-state index in [0.717, 1.165) is 0 Å². The number of hydrogen-bond acceptors (Lipinski definition) is 2.